The van der Waals surface area contributed by atoms with Gasteiger partial charge in [-0.15, -0.1) is 0 Å². The lowest BCUT2D eigenvalue weighted by Gasteiger charge is -2.25. The van der Waals surface area contributed by atoms with Crippen molar-refractivity contribution < 1.29 is 13.6 Å². The van der Waals surface area contributed by atoms with Gasteiger partial charge in [0, 0.05) is 29.7 Å². The van der Waals surface area contributed by atoms with Gasteiger partial charge in [-0.2, -0.15) is 0 Å². The molecule has 1 amide bonds. The van der Waals surface area contributed by atoms with Crippen molar-refractivity contribution in [3.8, 4) is 11.3 Å². The molecule has 1 saturated heterocycles. The number of halogens is 2. The minimum atomic E-state index is -0.484. The maximum Gasteiger partial charge on any atom is 0.226 e. The number of para-hydroxylation sites is 1. The molecule has 1 aliphatic rings. The van der Waals surface area contributed by atoms with Gasteiger partial charge in [-0.25, -0.2) is 4.39 Å². The summed E-state index contributed by atoms with van der Waals surface area (Å²) in [5, 5.41) is 7.09. The molecule has 6 nitrogen and oxygen atoms in total. The molecule has 2 aromatic carbocycles. The predicted molar refractivity (Wildman–Crippen MR) is 141 cm³/mol. The van der Waals surface area contributed by atoms with E-state index in [1.54, 1.807) is 18.3 Å². The number of pyridine rings is 1. The Balaban J connectivity index is 1.40. The second-order valence-corrected chi connectivity index (χ2v) is 9.13. The van der Waals surface area contributed by atoms with Crippen molar-refractivity contribution in [1.82, 2.24) is 15.2 Å². The second kappa shape index (κ2) is 10.5. The standard InChI is InChI=1S/C27H22ClFN4O2S/c28-18-10-8-17(9-11-18)22-12-13-23(35-22)26-25(21-7-3-4-15-30-21)32-27(36)33(26)16-14-24(34)31-20-6-2-1-5-19(20)29/h1-13,15,25-26H,14,16H2,(H,31,34)(H,32,36)/t25-,26-/m0/s1. The maximum atomic E-state index is 14.0. The van der Waals surface area contributed by atoms with Crippen LogP contribution in [0.1, 0.15) is 30.0 Å². The van der Waals surface area contributed by atoms with E-state index in [-0.39, 0.29) is 30.1 Å². The molecule has 1 fully saturated rings. The third kappa shape index (κ3) is 5.10. The Morgan fingerprint density at radius 3 is 2.61 bits per heavy atom. The summed E-state index contributed by atoms with van der Waals surface area (Å²) in [4.78, 5) is 19.1. The SMILES string of the molecule is O=C(CCN1C(=S)N[C@@H](c2ccccn2)[C@@H]1c1ccc(-c2ccc(Cl)cc2)o1)Nc1ccccc1F. The summed E-state index contributed by atoms with van der Waals surface area (Å²) in [7, 11) is 0. The van der Waals surface area contributed by atoms with Crippen LogP contribution in [0.15, 0.2) is 89.5 Å². The van der Waals surface area contributed by atoms with Crippen molar-refractivity contribution in [3.63, 3.8) is 0 Å². The van der Waals surface area contributed by atoms with Gasteiger partial charge in [-0.05, 0) is 72.9 Å². The monoisotopic (exact) mass is 520 g/mol. The quantitative estimate of drug-likeness (QED) is 0.285. The van der Waals surface area contributed by atoms with E-state index in [0.717, 1.165) is 11.3 Å². The van der Waals surface area contributed by atoms with E-state index in [2.05, 4.69) is 15.6 Å². The van der Waals surface area contributed by atoms with Gasteiger partial charge in [-0.3, -0.25) is 9.78 Å². The first-order valence-electron chi connectivity index (χ1n) is 11.4. The van der Waals surface area contributed by atoms with E-state index >= 15 is 0 Å². The molecule has 36 heavy (non-hydrogen) atoms. The van der Waals surface area contributed by atoms with Crippen LogP contribution >= 0.6 is 23.8 Å². The minimum absolute atomic E-state index is 0.104. The van der Waals surface area contributed by atoms with Gasteiger partial charge in [0.25, 0.3) is 0 Å². The Hall–Kier alpha value is -3.75. The van der Waals surface area contributed by atoms with Crippen molar-refractivity contribution >= 4 is 40.5 Å². The molecule has 2 N–H and O–H groups in total. The number of nitrogens with zero attached hydrogens (tertiary/aromatic N) is 2. The Kier molecular flexibility index (Phi) is 6.97. The largest absolute Gasteiger partial charge is 0.459 e. The number of carbonyl (C=O) groups excluding carboxylic acids is 1. The summed E-state index contributed by atoms with van der Waals surface area (Å²) < 4.78 is 20.2. The zero-order valence-corrected chi connectivity index (χ0v) is 20.6. The summed E-state index contributed by atoms with van der Waals surface area (Å²) >= 11 is 11.7. The highest BCUT2D eigenvalue weighted by Crippen LogP contribution is 2.40. The molecule has 0 radical (unpaired) electrons. The lowest BCUT2D eigenvalue weighted by molar-refractivity contribution is -0.116. The highest BCUT2D eigenvalue weighted by molar-refractivity contribution is 7.80. The zero-order valence-electron chi connectivity index (χ0n) is 19.0. The number of amides is 1. The third-order valence-electron chi connectivity index (χ3n) is 5.97. The van der Waals surface area contributed by atoms with Gasteiger partial charge in [0.15, 0.2) is 5.11 Å². The molecule has 0 spiro atoms. The zero-order chi connectivity index (χ0) is 25.1. The molecular formula is C27H22ClFN4O2S. The Bertz CT molecular complexity index is 1380. The highest BCUT2D eigenvalue weighted by atomic mass is 35.5. The normalized spacial score (nSPS) is 17.2. The van der Waals surface area contributed by atoms with Gasteiger partial charge < -0.3 is 20.0 Å². The fourth-order valence-electron chi connectivity index (χ4n) is 4.23. The van der Waals surface area contributed by atoms with Crippen molar-refractivity contribution in [3.05, 3.63) is 107 Å². The van der Waals surface area contributed by atoms with E-state index in [4.69, 9.17) is 28.2 Å². The van der Waals surface area contributed by atoms with Crippen LogP contribution in [0.3, 0.4) is 0 Å². The number of hydrogen-bond donors (Lipinski definition) is 2. The van der Waals surface area contributed by atoms with E-state index in [0.29, 0.717) is 28.2 Å². The Labute approximate surface area is 218 Å². The van der Waals surface area contributed by atoms with E-state index < -0.39 is 5.82 Å². The number of hydrogen-bond acceptors (Lipinski definition) is 4. The molecule has 5 rings (SSSR count). The van der Waals surface area contributed by atoms with Gasteiger partial charge in [0.05, 0.1) is 17.4 Å². The number of thiocarbonyl (C=S) groups is 1. The van der Waals surface area contributed by atoms with Gasteiger partial charge >= 0.3 is 0 Å². The first-order valence-corrected chi connectivity index (χ1v) is 12.2. The first-order chi connectivity index (χ1) is 17.5. The lowest BCUT2D eigenvalue weighted by atomic mass is 10.0. The van der Waals surface area contributed by atoms with Crippen molar-refractivity contribution in [2.24, 2.45) is 0 Å². The third-order valence-corrected chi connectivity index (χ3v) is 6.58. The lowest BCUT2D eigenvalue weighted by Crippen LogP contribution is -2.32. The summed E-state index contributed by atoms with van der Waals surface area (Å²) in [5.74, 6) is 0.570. The maximum absolute atomic E-state index is 14.0. The number of rotatable bonds is 7. The van der Waals surface area contributed by atoms with Crippen LogP contribution in [0.4, 0.5) is 10.1 Å². The molecule has 2 atom stereocenters. The van der Waals surface area contributed by atoms with Crippen LogP contribution < -0.4 is 10.6 Å². The molecule has 4 aromatic rings. The molecule has 1 aliphatic heterocycles. The Morgan fingerprint density at radius 2 is 1.86 bits per heavy atom. The Morgan fingerprint density at radius 1 is 1.08 bits per heavy atom. The number of furan rings is 1. The number of carbonyl (C=O) groups is 1. The molecule has 0 saturated carbocycles. The molecule has 0 bridgehead atoms. The van der Waals surface area contributed by atoms with Crippen molar-refractivity contribution in [2.45, 2.75) is 18.5 Å². The number of anilines is 1. The average Bonchev–Trinajstić information content (AvgIpc) is 3.50. The second-order valence-electron chi connectivity index (χ2n) is 8.31. The van der Waals surface area contributed by atoms with E-state index in [9.17, 15) is 9.18 Å². The fraction of sp³-hybridized carbons (Fsp3) is 0.148. The molecule has 9 heteroatoms. The molecule has 3 heterocycles. The molecule has 0 unspecified atom stereocenters. The van der Waals surface area contributed by atoms with Crippen LogP contribution in [-0.4, -0.2) is 27.4 Å². The van der Waals surface area contributed by atoms with Gasteiger partial charge in [0.2, 0.25) is 5.91 Å². The van der Waals surface area contributed by atoms with Crippen molar-refractivity contribution in [2.75, 3.05) is 11.9 Å². The predicted octanol–water partition coefficient (Wildman–Crippen LogP) is 6.14. The number of nitrogens with one attached hydrogen (secondary N) is 2. The summed E-state index contributed by atoms with van der Waals surface area (Å²) in [6, 6.07) is 22.3. The smallest absolute Gasteiger partial charge is 0.226 e. The first kappa shape index (κ1) is 24.0. The molecule has 2 aromatic heterocycles. The average molecular weight is 521 g/mol. The summed E-state index contributed by atoms with van der Waals surface area (Å²) in [6.45, 7) is 0.303. The van der Waals surface area contributed by atoms with Gasteiger partial charge in [-0.1, -0.05) is 29.8 Å². The van der Waals surface area contributed by atoms with Crippen LogP contribution in [0, 0.1) is 5.82 Å². The topological polar surface area (TPSA) is 70.4 Å². The van der Waals surface area contributed by atoms with Gasteiger partial charge in [0.1, 0.15) is 23.4 Å². The van der Waals surface area contributed by atoms with E-state index in [1.165, 1.54) is 12.1 Å². The molecule has 182 valence electrons. The minimum Gasteiger partial charge on any atom is -0.459 e. The molecule has 0 aliphatic carbocycles. The summed E-state index contributed by atoms with van der Waals surface area (Å²) in [6.07, 6.45) is 1.83. The van der Waals surface area contributed by atoms with Crippen LogP contribution in [0.2, 0.25) is 5.02 Å². The van der Waals surface area contributed by atoms with Crippen LogP contribution in [0.5, 0.6) is 0 Å². The summed E-state index contributed by atoms with van der Waals surface area (Å²) in [5.41, 5.74) is 1.84. The van der Waals surface area contributed by atoms with Crippen LogP contribution in [-0.2, 0) is 4.79 Å². The number of benzene rings is 2. The fourth-order valence-corrected chi connectivity index (χ4v) is 4.69. The highest BCUT2D eigenvalue weighted by Gasteiger charge is 2.41. The van der Waals surface area contributed by atoms with Crippen molar-refractivity contribution in [1.29, 1.82) is 0 Å². The van der Waals surface area contributed by atoms with Crippen LogP contribution in [0.25, 0.3) is 11.3 Å². The van der Waals surface area contributed by atoms with E-state index in [1.807, 2.05) is 59.5 Å². The molecular weight excluding hydrogens is 499 g/mol. The number of aromatic nitrogens is 1.